The van der Waals surface area contributed by atoms with Gasteiger partial charge in [-0.25, -0.2) is 0 Å². The first kappa shape index (κ1) is 13.7. The highest BCUT2D eigenvalue weighted by molar-refractivity contribution is 5.86. The molecule has 0 amide bonds. The molecule has 82 valence electrons. The van der Waals surface area contributed by atoms with E-state index in [1.165, 1.54) is 21.9 Å². The van der Waals surface area contributed by atoms with Crippen molar-refractivity contribution in [3.8, 4) is 0 Å². The van der Waals surface area contributed by atoms with Crippen LogP contribution in [0.15, 0.2) is 36.4 Å². The van der Waals surface area contributed by atoms with Gasteiger partial charge in [-0.05, 0) is 35.7 Å². The topological polar surface area (TPSA) is 0 Å². The summed E-state index contributed by atoms with van der Waals surface area (Å²) in [7, 11) is 0. The van der Waals surface area contributed by atoms with Gasteiger partial charge in [0.2, 0.25) is 0 Å². The van der Waals surface area contributed by atoms with E-state index >= 15 is 0 Å². The van der Waals surface area contributed by atoms with Crippen molar-refractivity contribution in [2.45, 2.75) is 35.1 Å². The quantitative estimate of drug-likeness (QED) is 0.556. The average molecular weight is 202 g/mol. The molecule has 0 unspecified atom stereocenters. The molecule has 0 aliphatic carbocycles. The maximum Gasteiger partial charge on any atom is -0.0152 e. The van der Waals surface area contributed by atoms with Crippen LogP contribution in [-0.4, -0.2) is 0 Å². The third-order valence-electron chi connectivity index (χ3n) is 2.47. The van der Waals surface area contributed by atoms with E-state index in [0.717, 1.165) is 0 Å². The summed E-state index contributed by atoms with van der Waals surface area (Å²) in [6, 6.07) is 12.9. The van der Waals surface area contributed by atoms with Gasteiger partial charge in [0.25, 0.3) is 0 Å². The van der Waals surface area contributed by atoms with Crippen molar-refractivity contribution < 1.29 is 0 Å². The molecule has 0 aliphatic heterocycles. The summed E-state index contributed by atoms with van der Waals surface area (Å²) in [6.45, 7) is 8.33. The van der Waals surface area contributed by atoms with Gasteiger partial charge in [-0.15, -0.1) is 0 Å². The van der Waals surface area contributed by atoms with Crippen LogP contribution in [0, 0.1) is 13.8 Å². The first-order valence-electron chi connectivity index (χ1n) is 5.24. The van der Waals surface area contributed by atoms with Gasteiger partial charge < -0.3 is 0 Å². The van der Waals surface area contributed by atoms with Crippen LogP contribution < -0.4 is 0 Å². The van der Waals surface area contributed by atoms with Crippen molar-refractivity contribution in [1.29, 1.82) is 0 Å². The second-order valence-electron chi connectivity index (χ2n) is 3.23. The number of hydrogen-bond donors (Lipinski definition) is 0. The van der Waals surface area contributed by atoms with Gasteiger partial charge in [0, 0.05) is 0 Å². The molecule has 0 saturated carbocycles. The molecule has 2 aromatic carbocycles. The molecule has 0 nitrogen and oxygen atoms in total. The van der Waals surface area contributed by atoms with Gasteiger partial charge in [0.05, 0.1) is 0 Å². The minimum absolute atomic E-state index is 0. The molecule has 0 radical (unpaired) electrons. The molecule has 0 N–H and O–H groups in total. The van der Waals surface area contributed by atoms with E-state index in [1.807, 2.05) is 13.8 Å². The summed E-state index contributed by atoms with van der Waals surface area (Å²) in [4.78, 5) is 0. The molecule has 0 saturated heterocycles. The van der Waals surface area contributed by atoms with Gasteiger partial charge in [0.1, 0.15) is 0 Å². The van der Waals surface area contributed by atoms with Crippen LogP contribution in [-0.2, 0) is 0 Å². The molecule has 0 heterocycles. The van der Waals surface area contributed by atoms with Crippen LogP contribution in [0.1, 0.15) is 32.4 Å². The van der Waals surface area contributed by atoms with Gasteiger partial charge >= 0.3 is 0 Å². The van der Waals surface area contributed by atoms with Crippen molar-refractivity contribution in [2.75, 3.05) is 0 Å². The predicted octanol–water partition coefficient (Wildman–Crippen LogP) is 5.12. The molecule has 0 spiro atoms. The van der Waals surface area contributed by atoms with E-state index in [1.54, 1.807) is 0 Å². The third kappa shape index (κ3) is 2.82. The number of rotatable bonds is 0. The maximum absolute atomic E-state index is 2.18. The van der Waals surface area contributed by atoms with Crippen LogP contribution >= 0.6 is 0 Å². The molecule has 0 atom stereocenters. The number of fused-ring (bicyclic) bond motifs is 1. The SMILES string of the molecule is C.CC.Cc1ccc2ccccc2c1C. The Kier molecular flexibility index (Phi) is 5.69. The minimum atomic E-state index is 0. The van der Waals surface area contributed by atoms with Crippen molar-refractivity contribution in [3.63, 3.8) is 0 Å². The van der Waals surface area contributed by atoms with Gasteiger partial charge in [-0.1, -0.05) is 57.7 Å². The van der Waals surface area contributed by atoms with Gasteiger partial charge in [0.15, 0.2) is 0 Å². The Labute approximate surface area is 93.9 Å². The van der Waals surface area contributed by atoms with Crippen molar-refractivity contribution >= 4 is 10.8 Å². The zero-order valence-electron chi connectivity index (χ0n) is 9.46. The first-order valence-corrected chi connectivity index (χ1v) is 5.24. The van der Waals surface area contributed by atoms with Gasteiger partial charge in [-0.2, -0.15) is 0 Å². The molecule has 0 heteroatoms. The van der Waals surface area contributed by atoms with Crippen LogP contribution in [0.3, 0.4) is 0 Å². The number of benzene rings is 2. The molecule has 2 rings (SSSR count). The van der Waals surface area contributed by atoms with Crippen LogP contribution in [0.2, 0.25) is 0 Å². The highest BCUT2D eigenvalue weighted by Gasteiger charge is 1.97. The molecule has 0 fully saturated rings. The van der Waals surface area contributed by atoms with Gasteiger partial charge in [-0.3, -0.25) is 0 Å². The van der Waals surface area contributed by atoms with Crippen molar-refractivity contribution in [2.24, 2.45) is 0 Å². The van der Waals surface area contributed by atoms with Crippen molar-refractivity contribution in [1.82, 2.24) is 0 Å². The molecular weight excluding hydrogens is 180 g/mol. The second-order valence-corrected chi connectivity index (χ2v) is 3.23. The smallest absolute Gasteiger partial charge is 0.0152 e. The van der Waals surface area contributed by atoms with E-state index in [9.17, 15) is 0 Å². The zero-order chi connectivity index (χ0) is 10.6. The lowest BCUT2D eigenvalue weighted by atomic mass is 10.0. The molecule has 0 aliphatic rings. The monoisotopic (exact) mass is 202 g/mol. The number of hydrogen-bond acceptors (Lipinski definition) is 0. The standard InChI is InChI=1S/C12H12.C2H6.CH4/c1-9-7-8-11-5-3-4-6-12(11)10(9)2;1-2;/h3-8H,1-2H3;1-2H3;1H4. The normalized spacial score (nSPS) is 8.80. The lowest BCUT2D eigenvalue weighted by Gasteiger charge is -2.04. The zero-order valence-corrected chi connectivity index (χ0v) is 9.46. The fraction of sp³-hybridized carbons (Fsp3) is 0.333. The van der Waals surface area contributed by atoms with E-state index in [0.29, 0.717) is 0 Å². The second kappa shape index (κ2) is 6.23. The molecule has 15 heavy (non-hydrogen) atoms. The third-order valence-corrected chi connectivity index (χ3v) is 2.47. The summed E-state index contributed by atoms with van der Waals surface area (Å²) in [5.74, 6) is 0. The van der Waals surface area contributed by atoms with E-state index in [-0.39, 0.29) is 7.43 Å². The minimum Gasteiger partial charge on any atom is -0.0776 e. The summed E-state index contributed by atoms with van der Waals surface area (Å²) >= 11 is 0. The Morgan fingerprint density at radius 1 is 0.800 bits per heavy atom. The lowest BCUT2D eigenvalue weighted by Crippen LogP contribution is -1.82. The van der Waals surface area contributed by atoms with E-state index in [2.05, 4.69) is 50.2 Å². The highest BCUT2D eigenvalue weighted by Crippen LogP contribution is 2.20. The fourth-order valence-corrected chi connectivity index (χ4v) is 1.54. The van der Waals surface area contributed by atoms with E-state index in [4.69, 9.17) is 0 Å². The Morgan fingerprint density at radius 2 is 1.40 bits per heavy atom. The van der Waals surface area contributed by atoms with Crippen LogP contribution in [0.25, 0.3) is 10.8 Å². The Hall–Kier alpha value is -1.30. The van der Waals surface area contributed by atoms with Crippen LogP contribution in [0.4, 0.5) is 0 Å². The molecular formula is C15H22. The summed E-state index contributed by atoms with van der Waals surface area (Å²) in [5.41, 5.74) is 2.77. The summed E-state index contributed by atoms with van der Waals surface area (Å²) < 4.78 is 0. The molecule has 0 aromatic heterocycles. The number of aryl methyl sites for hydroxylation is 2. The average Bonchev–Trinajstić information content (AvgIpc) is 2.27. The largest absolute Gasteiger partial charge is 0.0776 e. The molecule has 2 aromatic rings. The Balaban J connectivity index is 0.000000617. The highest BCUT2D eigenvalue weighted by atomic mass is 14.0. The summed E-state index contributed by atoms with van der Waals surface area (Å²) in [6.07, 6.45) is 0. The van der Waals surface area contributed by atoms with Crippen molar-refractivity contribution in [3.05, 3.63) is 47.5 Å². The Morgan fingerprint density at radius 3 is 2.07 bits per heavy atom. The Bertz CT molecular complexity index is 413. The van der Waals surface area contributed by atoms with E-state index < -0.39 is 0 Å². The maximum atomic E-state index is 2.18. The fourth-order valence-electron chi connectivity index (χ4n) is 1.54. The predicted molar refractivity (Wildman–Crippen MR) is 71.5 cm³/mol. The lowest BCUT2D eigenvalue weighted by molar-refractivity contribution is 1.38. The molecule has 0 bridgehead atoms. The van der Waals surface area contributed by atoms with Crippen LogP contribution in [0.5, 0.6) is 0 Å². The summed E-state index contributed by atoms with van der Waals surface area (Å²) in [5, 5.41) is 2.71. The first-order chi connectivity index (χ1) is 6.79.